The molecule has 0 fully saturated rings. The molecule has 0 spiro atoms. The Balaban J connectivity index is 1.80. The highest BCUT2D eigenvalue weighted by molar-refractivity contribution is 5.94. The summed E-state index contributed by atoms with van der Waals surface area (Å²) >= 11 is 0. The second kappa shape index (κ2) is 7.82. The minimum atomic E-state index is -0.604. The third kappa shape index (κ3) is 3.69. The first kappa shape index (κ1) is 19.4. The molecule has 4 rings (SSSR count). The second-order valence-electron chi connectivity index (χ2n) is 6.45. The molecule has 3 aromatic carbocycles. The molecule has 0 saturated carbocycles. The van der Waals surface area contributed by atoms with Gasteiger partial charge < -0.3 is 9.15 Å². The van der Waals surface area contributed by atoms with Gasteiger partial charge in [0.05, 0.1) is 16.1 Å². The molecule has 148 valence electrons. The van der Waals surface area contributed by atoms with Crippen LogP contribution in [-0.4, -0.2) is 4.92 Å². The van der Waals surface area contributed by atoms with Crippen LogP contribution in [0.15, 0.2) is 75.9 Å². The number of nitrogens with zero attached hydrogens (tertiary/aromatic N) is 3. The Labute approximate surface area is 174 Å². The number of hydrogen-bond donors (Lipinski definition) is 0. The second-order valence-corrected chi connectivity index (χ2v) is 6.45. The van der Waals surface area contributed by atoms with Crippen molar-refractivity contribution >= 4 is 16.7 Å². The van der Waals surface area contributed by atoms with Gasteiger partial charge in [0, 0.05) is 29.7 Å². The monoisotopic (exact) mass is 409 g/mol. The molecule has 0 bridgehead atoms. The van der Waals surface area contributed by atoms with Crippen LogP contribution in [0.4, 0.5) is 5.69 Å². The molecule has 4 aromatic rings. The van der Waals surface area contributed by atoms with Crippen molar-refractivity contribution in [3.05, 3.63) is 98.4 Å². The molecule has 0 aliphatic heterocycles. The molecule has 0 radical (unpaired) electrons. The Morgan fingerprint density at radius 2 is 1.61 bits per heavy atom. The smallest absolute Gasteiger partial charge is 0.336 e. The van der Waals surface area contributed by atoms with E-state index in [1.807, 2.05) is 12.1 Å². The van der Waals surface area contributed by atoms with Crippen molar-refractivity contribution in [2.45, 2.75) is 0 Å². The fourth-order valence-corrected chi connectivity index (χ4v) is 3.15. The van der Waals surface area contributed by atoms with E-state index in [4.69, 9.17) is 9.15 Å². The van der Waals surface area contributed by atoms with E-state index in [2.05, 4.69) is 0 Å². The first-order valence-electron chi connectivity index (χ1n) is 8.94. The lowest BCUT2D eigenvalue weighted by atomic mass is 10.0. The van der Waals surface area contributed by atoms with Crippen LogP contribution in [0.5, 0.6) is 11.5 Å². The number of para-hydroxylation sites is 1. The minimum absolute atomic E-state index is 0.0591. The van der Waals surface area contributed by atoms with Crippen LogP contribution >= 0.6 is 0 Å². The molecule has 31 heavy (non-hydrogen) atoms. The van der Waals surface area contributed by atoms with Gasteiger partial charge in [0.1, 0.15) is 23.5 Å². The lowest BCUT2D eigenvalue weighted by molar-refractivity contribution is -0.384. The normalized spacial score (nSPS) is 10.3. The van der Waals surface area contributed by atoms with Gasteiger partial charge in [-0.3, -0.25) is 10.1 Å². The zero-order chi connectivity index (χ0) is 22.0. The van der Waals surface area contributed by atoms with Crippen LogP contribution in [0.3, 0.4) is 0 Å². The molecule has 1 aromatic heterocycles. The van der Waals surface area contributed by atoms with E-state index in [1.165, 1.54) is 36.4 Å². The lowest BCUT2D eigenvalue weighted by Crippen LogP contribution is -1.99. The summed E-state index contributed by atoms with van der Waals surface area (Å²) < 4.78 is 11.1. The van der Waals surface area contributed by atoms with E-state index < -0.39 is 10.5 Å². The topological polar surface area (TPSA) is 130 Å². The Kier molecular flexibility index (Phi) is 4.88. The lowest BCUT2D eigenvalue weighted by Gasteiger charge is -2.11. The van der Waals surface area contributed by atoms with Crippen molar-refractivity contribution in [3.63, 3.8) is 0 Å². The number of benzene rings is 3. The summed E-state index contributed by atoms with van der Waals surface area (Å²) in [5.41, 5.74) is 1.11. The zero-order valence-electron chi connectivity index (χ0n) is 15.7. The summed E-state index contributed by atoms with van der Waals surface area (Å²) in [6.07, 6.45) is 0. The zero-order valence-corrected chi connectivity index (χ0v) is 15.7. The summed E-state index contributed by atoms with van der Waals surface area (Å²) in [6, 6.07) is 20.5. The van der Waals surface area contributed by atoms with Gasteiger partial charge in [-0.2, -0.15) is 10.5 Å². The molecule has 0 amide bonds. The van der Waals surface area contributed by atoms with Crippen LogP contribution < -0.4 is 10.4 Å². The number of hydrogen-bond acceptors (Lipinski definition) is 7. The molecule has 0 atom stereocenters. The van der Waals surface area contributed by atoms with Gasteiger partial charge in [-0.05, 0) is 47.5 Å². The fourth-order valence-electron chi connectivity index (χ4n) is 3.15. The van der Waals surface area contributed by atoms with E-state index >= 15 is 0 Å². The Bertz CT molecular complexity index is 1440. The van der Waals surface area contributed by atoms with Gasteiger partial charge in [-0.25, -0.2) is 4.79 Å². The average molecular weight is 409 g/mol. The van der Waals surface area contributed by atoms with Gasteiger partial charge in [0.2, 0.25) is 0 Å². The highest BCUT2D eigenvalue weighted by atomic mass is 16.6. The maximum atomic E-state index is 12.1. The molecular weight excluding hydrogens is 398 g/mol. The van der Waals surface area contributed by atoms with Gasteiger partial charge in [0.15, 0.2) is 5.75 Å². The summed E-state index contributed by atoms with van der Waals surface area (Å²) in [7, 11) is 0. The molecule has 0 unspecified atom stereocenters. The molecule has 0 aliphatic carbocycles. The number of rotatable bonds is 4. The summed E-state index contributed by atoms with van der Waals surface area (Å²) in [6.45, 7) is 0. The first-order valence-corrected chi connectivity index (χ1v) is 8.94. The van der Waals surface area contributed by atoms with E-state index in [0.717, 1.165) is 0 Å². The molecule has 8 heteroatoms. The van der Waals surface area contributed by atoms with Crippen molar-refractivity contribution in [2.24, 2.45) is 0 Å². The maximum Gasteiger partial charge on any atom is 0.336 e. The van der Waals surface area contributed by atoms with Gasteiger partial charge in [0.25, 0.3) is 5.69 Å². The minimum Gasteiger partial charge on any atom is -0.454 e. The fraction of sp³-hybridized carbons (Fsp3) is 0. The number of ether oxygens (including phenoxy) is 1. The summed E-state index contributed by atoms with van der Waals surface area (Å²) in [4.78, 5) is 22.5. The molecule has 0 aliphatic rings. The molecule has 8 nitrogen and oxygen atoms in total. The van der Waals surface area contributed by atoms with Crippen molar-refractivity contribution in [3.8, 4) is 34.8 Å². The van der Waals surface area contributed by atoms with Gasteiger partial charge >= 0.3 is 5.63 Å². The standard InChI is InChI=1S/C23H11N3O5/c24-12-15-2-1-3-16(13-25)23(15)30-18-8-9-19-20(11-22(27)31-21(19)10-18)14-4-6-17(7-5-14)26(28)29/h1-11H. The highest BCUT2D eigenvalue weighted by Gasteiger charge is 2.14. The van der Waals surface area contributed by atoms with Crippen molar-refractivity contribution in [2.75, 3.05) is 0 Å². The van der Waals surface area contributed by atoms with Gasteiger partial charge in [-0.15, -0.1) is 0 Å². The van der Waals surface area contributed by atoms with E-state index in [0.29, 0.717) is 16.5 Å². The Morgan fingerprint density at radius 1 is 0.935 bits per heavy atom. The molecular formula is C23H11N3O5. The Morgan fingerprint density at radius 3 is 2.23 bits per heavy atom. The number of nitro benzene ring substituents is 1. The maximum absolute atomic E-state index is 12.1. The van der Waals surface area contributed by atoms with Crippen LogP contribution in [0.2, 0.25) is 0 Å². The molecule has 1 heterocycles. The number of non-ortho nitro benzene ring substituents is 1. The number of fused-ring (bicyclic) bond motifs is 1. The third-order valence-corrected chi connectivity index (χ3v) is 4.58. The van der Waals surface area contributed by atoms with Crippen LogP contribution in [0.1, 0.15) is 11.1 Å². The predicted molar refractivity (Wildman–Crippen MR) is 111 cm³/mol. The van der Waals surface area contributed by atoms with E-state index in [1.54, 1.807) is 30.3 Å². The van der Waals surface area contributed by atoms with Crippen molar-refractivity contribution in [1.82, 2.24) is 0 Å². The van der Waals surface area contributed by atoms with Crippen LogP contribution in [0, 0.1) is 32.8 Å². The molecule has 0 saturated heterocycles. The van der Waals surface area contributed by atoms with E-state index in [9.17, 15) is 25.4 Å². The largest absolute Gasteiger partial charge is 0.454 e. The predicted octanol–water partition coefficient (Wildman–Crippen LogP) is 4.90. The Hall–Kier alpha value is -4.95. The van der Waals surface area contributed by atoms with E-state index in [-0.39, 0.29) is 33.9 Å². The highest BCUT2D eigenvalue weighted by Crippen LogP contribution is 2.34. The third-order valence-electron chi connectivity index (χ3n) is 4.58. The SMILES string of the molecule is N#Cc1cccc(C#N)c1Oc1ccc2c(-c3ccc([N+](=O)[O-])cc3)cc(=O)oc2c1. The number of nitriles is 2. The van der Waals surface area contributed by atoms with Crippen molar-refractivity contribution in [1.29, 1.82) is 10.5 Å². The average Bonchev–Trinajstić information content (AvgIpc) is 2.78. The van der Waals surface area contributed by atoms with Gasteiger partial charge in [-0.1, -0.05) is 6.07 Å². The quantitative estimate of drug-likeness (QED) is 0.266. The first-order chi connectivity index (χ1) is 15.0. The number of nitro groups is 1. The van der Waals surface area contributed by atoms with Crippen LogP contribution in [0.25, 0.3) is 22.1 Å². The summed E-state index contributed by atoms with van der Waals surface area (Å²) in [5.74, 6) is 0.386. The summed E-state index contributed by atoms with van der Waals surface area (Å²) in [5, 5.41) is 30.1. The van der Waals surface area contributed by atoms with Crippen LogP contribution in [-0.2, 0) is 0 Å². The molecule has 0 N–H and O–H groups in total. The van der Waals surface area contributed by atoms with Crippen molar-refractivity contribution < 1.29 is 14.1 Å².